The van der Waals surface area contributed by atoms with Gasteiger partial charge in [0.2, 0.25) is 5.91 Å². The lowest BCUT2D eigenvalue weighted by Crippen LogP contribution is -2.41. The smallest absolute Gasteiger partial charge is 0.219 e. The van der Waals surface area contributed by atoms with E-state index in [1.54, 1.807) is 26.0 Å². The number of hydrogen-bond acceptors (Lipinski definition) is 2. The van der Waals surface area contributed by atoms with Crippen LogP contribution >= 0.6 is 37.2 Å². The number of rotatable bonds is 3. The Morgan fingerprint density at radius 1 is 1.38 bits per heavy atom. The maximum absolute atomic E-state index is 10.9. The average Bonchev–Trinajstić information content (AvgIpc) is 2.17. The summed E-state index contributed by atoms with van der Waals surface area (Å²) in [6.07, 6.45) is 0.0869. The SMILES string of the molecule is COC(C)C(C)N(C)C(C)=O.II. The van der Waals surface area contributed by atoms with Crippen LogP contribution in [0.3, 0.4) is 0 Å². The van der Waals surface area contributed by atoms with Crippen LogP contribution in [0.15, 0.2) is 0 Å². The van der Waals surface area contributed by atoms with E-state index in [2.05, 4.69) is 37.2 Å². The summed E-state index contributed by atoms with van der Waals surface area (Å²) < 4.78 is 5.09. The molecule has 80 valence electrons. The van der Waals surface area contributed by atoms with Gasteiger partial charge in [0.1, 0.15) is 0 Å². The number of likely N-dealkylation sites (N-methyl/N-ethyl adjacent to an activating group) is 1. The monoisotopic (exact) mass is 413 g/mol. The lowest BCUT2D eigenvalue weighted by molar-refractivity contribution is -0.131. The van der Waals surface area contributed by atoms with Crippen molar-refractivity contribution in [2.24, 2.45) is 0 Å². The Bertz CT molecular complexity index is 144. The van der Waals surface area contributed by atoms with Crippen LogP contribution in [0.4, 0.5) is 0 Å². The van der Waals surface area contributed by atoms with Gasteiger partial charge in [0, 0.05) is 58.3 Å². The quantitative estimate of drug-likeness (QED) is 0.667. The summed E-state index contributed by atoms with van der Waals surface area (Å²) in [5.74, 6) is 0.0707. The highest BCUT2D eigenvalue weighted by Gasteiger charge is 2.17. The third-order valence-electron chi connectivity index (χ3n) is 2.16. The summed E-state index contributed by atoms with van der Waals surface area (Å²) in [6, 6.07) is 0.137. The molecule has 0 rings (SSSR count). The summed E-state index contributed by atoms with van der Waals surface area (Å²) in [5, 5.41) is 0. The largest absolute Gasteiger partial charge is 0.380 e. The first-order chi connectivity index (χ1) is 6.00. The van der Waals surface area contributed by atoms with Gasteiger partial charge in [-0.3, -0.25) is 4.79 Å². The van der Waals surface area contributed by atoms with E-state index in [0.29, 0.717) is 0 Å². The van der Waals surface area contributed by atoms with E-state index in [4.69, 9.17) is 4.74 Å². The molecule has 0 radical (unpaired) electrons. The normalized spacial score (nSPS) is 13.8. The minimum atomic E-state index is 0.0707. The second-order valence-electron chi connectivity index (χ2n) is 2.81. The molecule has 3 nitrogen and oxygen atoms in total. The number of nitrogens with zero attached hydrogens (tertiary/aromatic N) is 1. The highest BCUT2D eigenvalue weighted by atomic mass is 128. The van der Waals surface area contributed by atoms with Crippen molar-refractivity contribution in [1.82, 2.24) is 4.90 Å². The molecule has 0 aliphatic heterocycles. The van der Waals surface area contributed by atoms with Gasteiger partial charge in [0.15, 0.2) is 0 Å². The average molecular weight is 413 g/mol. The maximum atomic E-state index is 10.9. The van der Waals surface area contributed by atoms with Gasteiger partial charge in [-0.2, -0.15) is 0 Å². The van der Waals surface area contributed by atoms with Crippen LogP contribution in [-0.2, 0) is 9.53 Å². The Balaban J connectivity index is 0. The molecule has 0 spiro atoms. The van der Waals surface area contributed by atoms with Crippen molar-refractivity contribution < 1.29 is 9.53 Å². The number of carbonyl (C=O) groups excluding carboxylic acids is 1. The van der Waals surface area contributed by atoms with Crippen LogP contribution in [0, 0.1) is 0 Å². The fourth-order valence-corrected chi connectivity index (χ4v) is 0.799. The van der Waals surface area contributed by atoms with Crippen molar-refractivity contribution in [2.75, 3.05) is 14.2 Å². The first kappa shape index (κ1) is 16.3. The third kappa shape index (κ3) is 6.89. The van der Waals surface area contributed by atoms with E-state index in [1.165, 1.54) is 0 Å². The molecule has 0 aromatic heterocycles. The molecular formula is C8H17I2NO2. The molecule has 0 aromatic carbocycles. The fraction of sp³-hybridized carbons (Fsp3) is 0.875. The second kappa shape index (κ2) is 9.45. The van der Waals surface area contributed by atoms with Crippen LogP contribution in [0.1, 0.15) is 20.8 Å². The predicted octanol–water partition coefficient (Wildman–Crippen LogP) is 2.66. The van der Waals surface area contributed by atoms with Gasteiger partial charge in [-0.1, -0.05) is 0 Å². The van der Waals surface area contributed by atoms with Crippen molar-refractivity contribution in [3.05, 3.63) is 0 Å². The molecular weight excluding hydrogens is 396 g/mol. The van der Waals surface area contributed by atoms with Crippen molar-refractivity contribution in [2.45, 2.75) is 32.9 Å². The summed E-state index contributed by atoms with van der Waals surface area (Å²) in [6.45, 7) is 5.47. The Labute approximate surface area is 104 Å². The van der Waals surface area contributed by atoms with Crippen molar-refractivity contribution >= 4 is 43.1 Å². The second-order valence-corrected chi connectivity index (χ2v) is 2.81. The van der Waals surface area contributed by atoms with Crippen LogP contribution in [0.2, 0.25) is 0 Å². The molecule has 0 fully saturated rings. The van der Waals surface area contributed by atoms with Crippen LogP contribution < -0.4 is 0 Å². The lowest BCUT2D eigenvalue weighted by atomic mass is 10.2. The number of carbonyl (C=O) groups is 1. The fourth-order valence-electron chi connectivity index (χ4n) is 0.799. The molecule has 0 aliphatic carbocycles. The van der Waals surface area contributed by atoms with Gasteiger partial charge in [0.25, 0.3) is 0 Å². The van der Waals surface area contributed by atoms with Gasteiger partial charge in [0.05, 0.1) is 12.1 Å². The first-order valence-electron chi connectivity index (χ1n) is 3.91. The number of methoxy groups -OCH3 is 1. The standard InChI is InChI=1S/C8H17NO2.I2/c1-6(7(2)11-5)9(4)8(3)10;1-2/h6-7H,1-5H3;. The van der Waals surface area contributed by atoms with E-state index in [1.807, 2.05) is 13.8 Å². The van der Waals surface area contributed by atoms with Crippen molar-refractivity contribution in [1.29, 1.82) is 0 Å². The molecule has 5 heteroatoms. The highest BCUT2D eigenvalue weighted by Crippen LogP contribution is 2.04. The minimum Gasteiger partial charge on any atom is -0.380 e. The topological polar surface area (TPSA) is 29.5 Å². The van der Waals surface area contributed by atoms with E-state index in [9.17, 15) is 4.79 Å². The molecule has 0 aromatic rings. The number of ether oxygens (including phenoxy) is 1. The van der Waals surface area contributed by atoms with Gasteiger partial charge in [-0.25, -0.2) is 0 Å². The Kier molecular flexibility index (Phi) is 11.9. The molecule has 0 bridgehead atoms. The van der Waals surface area contributed by atoms with Gasteiger partial charge < -0.3 is 9.64 Å². The van der Waals surface area contributed by atoms with E-state index in [-0.39, 0.29) is 18.1 Å². The van der Waals surface area contributed by atoms with E-state index < -0.39 is 0 Å². The number of amides is 1. The molecule has 2 unspecified atom stereocenters. The molecule has 0 aliphatic rings. The zero-order valence-corrected chi connectivity index (χ0v) is 13.0. The zero-order valence-electron chi connectivity index (χ0n) is 8.67. The third-order valence-corrected chi connectivity index (χ3v) is 2.16. The van der Waals surface area contributed by atoms with Crippen molar-refractivity contribution in [3.63, 3.8) is 0 Å². The predicted molar refractivity (Wildman–Crippen MR) is 72.4 cm³/mol. The summed E-state index contributed by atoms with van der Waals surface area (Å²) >= 11 is 4.24. The molecule has 2 atom stereocenters. The lowest BCUT2D eigenvalue weighted by Gasteiger charge is -2.27. The van der Waals surface area contributed by atoms with Gasteiger partial charge in [-0.05, 0) is 13.8 Å². The molecule has 0 saturated carbocycles. The van der Waals surface area contributed by atoms with E-state index in [0.717, 1.165) is 0 Å². The van der Waals surface area contributed by atoms with Crippen molar-refractivity contribution in [3.8, 4) is 0 Å². The Morgan fingerprint density at radius 3 is 2.00 bits per heavy atom. The summed E-state index contributed by atoms with van der Waals surface area (Å²) in [5.41, 5.74) is 0. The minimum absolute atomic E-state index is 0.0707. The number of halogens is 2. The summed E-state index contributed by atoms with van der Waals surface area (Å²) in [7, 11) is 3.43. The Hall–Kier alpha value is 0.890. The Morgan fingerprint density at radius 2 is 1.77 bits per heavy atom. The molecule has 0 N–H and O–H groups in total. The summed E-state index contributed by atoms with van der Waals surface area (Å²) in [4.78, 5) is 12.6. The van der Waals surface area contributed by atoms with Gasteiger partial charge in [-0.15, -0.1) is 0 Å². The van der Waals surface area contributed by atoms with Gasteiger partial charge >= 0.3 is 0 Å². The first-order valence-corrected chi connectivity index (χ1v) is 10.2. The highest BCUT2D eigenvalue weighted by molar-refractivity contribution is 15.0. The molecule has 1 amide bonds. The maximum Gasteiger partial charge on any atom is 0.219 e. The van der Waals surface area contributed by atoms with Crippen LogP contribution in [0.25, 0.3) is 0 Å². The van der Waals surface area contributed by atoms with Crippen LogP contribution in [-0.4, -0.2) is 37.1 Å². The van der Waals surface area contributed by atoms with Crippen LogP contribution in [0.5, 0.6) is 0 Å². The molecule has 0 heterocycles. The zero-order chi connectivity index (χ0) is 11.0. The molecule has 0 saturated heterocycles. The van der Waals surface area contributed by atoms with E-state index >= 15 is 0 Å². The molecule has 13 heavy (non-hydrogen) atoms. The number of hydrogen-bond donors (Lipinski definition) is 0.